The summed E-state index contributed by atoms with van der Waals surface area (Å²) >= 11 is 0. The molecule has 3 saturated carbocycles. The lowest BCUT2D eigenvalue weighted by Crippen LogP contribution is -2.49. The first-order valence-corrected chi connectivity index (χ1v) is 13.0. The molecule has 6 unspecified atom stereocenters. The second-order valence-corrected chi connectivity index (χ2v) is 10.5. The molecule has 6 atom stereocenters. The minimum Gasteiger partial charge on any atom is -0.479 e. The number of hydrogen-bond donors (Lipinski definition) is 0. The molecule has 4 nitrogen and oxygen atoms in total. The number of fused-ring (bicyclic) bond motifs is 5. The van der Waals surface area contributed by atoms with Crippen LogP contribution in [0, 0.1) is 41.9 Å². The Morgan fingerprint density at radius 1 is 1.09 bits per heavy atom. The lowest BCUT2D eigenvalue weighted by Gasteiger charge is -2.54. The molecular formula is C29H37FO4. The van der Waals surface area contributed by atoms with E-state index < -0.39 is 0 Å². The summed E-state index contributed by atoms with van der Waals surface area (Å²) in [6.07, 6.45) is 23.7. The Balaban J connectivity index is 0.00000133. The lowest BCUT2D eigenvalue weighted by atomic mass is 9.51. The van der Waals surface area contributed by atoms with Crippen LogP contribution in [-0.2, 0) is 19.1 Å². The van der Waals surface area contributed by atoms with Gasteiger partial charge in [-0.15, -0.1) is 12.8 Å². The van der Waals surface area contributed by atoms with Crippen molar-refractivity contribution in [3.8, 4) is 12.8 Å². The summed E-state index contributed by atoms with van der Waals surface area (Å²) in [5.74, 6) is 2.23. The smallest absolute Gasteiger partial charge is 0.344 e. The normalized spacial score (nSPS) is 36.3. The Morgan fingerprint density at radius 3 is 2.65 bits per heavy atom. The highest BCUT2D eigenvalue weighted by Crippen LogP contribution is 2.63. The highest BCUT2D eigenvalue weighted by Gasteiger charge is 2.58. The number of esters is 1. The molecule has 0 bridgehead atoms. The van der Waals surface area contributed by atoms with Gasteiger partial charge in [-0.2, -0.15) is 0 Å². The van der Waals surface area contributed by atoms with Gasteiger partial charge in [0.2, 0.25) is 0 Å². The number of halogens is 1. The van der Waals surface area contributed by atoms with Crippen LogP contribution in [0.3, 0.4) is 0 Å². The van der Waals surface area contributed by atoms with Crippen LogP contribution in [-0.4, -0.2) is 24.5 Å². The maximum atomic E-state index is 13.8. The van der Waals surface area contributed by atoms with Crippen molar-refractivity contribution in [2.45, 2.75) is 83.7 Å². The topological polar surface area (TPSA) is 52.6 Å². The van der Waals surface area contributed by atoms with Crippen molar-refractivity contribution in [3.05, 3.63) is 35.4 Å². The van der Waals surface area contributed by atoms with Gasteiger partial charge in [0.25, 0.3) is 0 Å². The molecule has 0 spiro atoms. The average Bonchev–Trinajstić information content (AvgIpc) is 3.23. The third-order valence-electron chi connectivity index (χ3n) is 9.27. The molecule has 0 aromatic heterocycles. The van der Waals surface area contributed by atoms with Gasteiger partial charge in [0.05, 0.1) is 0 Å². The Kier molecular flexibility index (Phi) is 7.65. The predicted octanol–water partition coefficient (Wildman–Crippen LogP) is 6.23. The van der Waals surface area contributed by atoms with E-state index in [1.807, 2.05) is 6.08 Å². The van der Waals surface area contributed by atoms with E-state index in [2.05, 4.69) is 19.8 Å². The van der Waals surface area contributed by atoms with Crippen LogP contribution in [0.25, 0.3) is 0 Å². The van der Waals surface area contributed by atoms with E-state index in [1.54, 1.807) is 6.08 Å². The fourth-order valence-electron chi connectivity index (χ4n) is 7.87. The standard InChI is InChI=1S/C27H35FO4.C2H2/c1-2-27-14-13-20-19-10-8-18(29)15-17(19)7-9-21(20)22(27)11-12-25(27)32-26(30)16-31-24-6-4-3-5-23(24)28;1-2/h5-6,15,19-22,25H,2-4,7-14,16H2,1H3;1-2H. The van der Waals surface area contributed by atoms with Crippen LogP contribution in [0.15, 0.2) is 35.4 Å². The molecule has 3 fully saturated rings. The molecular weight excluding hydrogens is 431 g/mol. The minimum atomic E-state index is -0.386. The number of allylic oxidation sites excluding steroid dienone is 4. The molecule has 0 aromatic carbocycles. The van der Waals surface area contributed by atoms with Crippen molar-refractivity contribution in [1.29, 1.82) is 0 Å². The first-order valence-electron chi connectivity index (χ1n) is 13.0. The number of ether oxygens (including phenoxy) is 2. The number of carbonyl (C=O) groups is 2. The van der Waals surface area contributed by atoms with Gasteiger partial charge in [0.15, 0.2) is 24.0 Å². The lowest BCUT2D eigenvalue weighted by molar-refractivity contribution is -0.164. The molecule has 5 aliphatic rings. The molecule has 0 saturated heterocycles. The van der Waals surface area contributed by atoms with Gasteiger partial charge in [-0.05, 0) is 106 Å². The summed E-state index contributed by atoms with van der Waals surface area (Å²) in [4.78, 5) is 24.5. The van der Waals surface area contributed by atoms with Gasteiger partial charge in [-0.25, -0.2) is 9.18 Å². The van der Waals surface area contributed by atoms with Crippen molar-refractivity contribution in [3.63, 3.8) is 0 Å². The Bertz CT molecular complexity index is 912. The monoisotopic (exact) mass is 468 g/mol. The summed E-state index contributed by atoms with van der Waals surface area (Å²) in [6.45, 7) is 2.01. The van der Waals surface area contributed by atoms with Gasteiger partial charge >= 0.3 is 5.97 Å². The van der Waals surface area contributed by atoms with E-state index in [0.717, 1.165) is 51.4 Å². The minimum absolute atomic E-state index is 0.0534. The highest BCUT2D eigenvalue weighted by atomic mass is 19.1. The number of hydrogen-bond acceptors (Lipinski definition) is 4. The highest BCUT2D eigenvalue weighted by molar-refractivity contribution is 5.91. The van der Waals surface area contributed by atoms with Crippen LogP contribution in [0.1, 0.15) is 77.6 Å². The molecule has 5 heteroatoms. The third-order valence-corrected chi connectivity index (χ3v) is 9.27. The van der Waals surface area contributed by atoms with Crippen LogP contribution < -0.4 is 0 Å². The van der Waals surface area contributed by atoms with E-state index >= 15 is 0 Å². The molecule has 184 valence electrons. The van der Waals surface area contributed by atoms with Crippen LogP contribution >= 0.6 is 0 Å². The van der Waals surface area contributed by atoms with Crippen molar-refractivity contribution < 1.29 is 23.5 Å². The quantitative estimate of drug-likeness (QED) is 0.355. The van der Waals surface area contributed by atoms with Crippen molar-refractivity contribution in [2.75, 3.05) is 6.61 Å². The molecule has 0 aliphatic heterocycles. The van der Waals surface area contributed by atoms with Gasteiger partial charge in [0.1, 0.15) is 6.10 Å². The molecule has 0 heterocycles. The molecule has 5 aliphatic carbocycles. The predicted molar refractivity (Wildman–Crippen MR) is 129 cm³/mol. The van der Waals surface area contributed by atoms with Crippen LogP contribution in [0.5, 0.6) is 0 Å². The first kappa shape index (κ1) is 24.8. The molecule has 0 N–H and O–H groups in total. The van der Waals surface area contributed by atoms with Crippen molar-refractivity contribution in [1.82, 2.24) is 0 Å². The third kappa shape index (κ3) is 4.49. The average molecular weight is 469 g/mol. The zero-order valence-corrected chi connectivity index (χ0v) is 20.3. The van der Waals surface area contributed by atoms with Crippen LogP contribution in [0.4, 0.5) is 4.39 Å². The maximum Gasteiger partial charge on any atom is 0.344 e. The Morgan fingerprint density at radius 2 is 1.88 bits per heavy atom. The number of ketones is 1. The summed E-state index contributed by atoms with van der Waals surface area (Å²) in [6, 6.07) is 0. The van der Waals surface area contributed by atoms with E-state index in [4.69, 9.17) is 9.47 Å². The second kappa shape index (κ2) is 10.5. The van der Waals surface area contributed by atoms with Crippen molar-refractivity contribution >= 4 is 11.8 Å². The van der Waals surface area contributed by atoms with Gasteiger partial charge in [-0.1, -0.05) is 12.5 Å². The molecule has 0 amide bonds. The zero-order valence-electron chi connectivity index (χ0n) is 20.3. The summed E-state index contributed by atoms with van der Waals surface area (Å²) in [5, 5.41) is 0. The molecule has 0 aromatic rings. The fourth-order valence-corrected chi connectivity index (χ4v) is 7.87. The first-order chi connectivity index (χ1) is 16.5. The second-order valence-electron chi connectivity index (χ2n) is 10.5. The number of rotatable bonds is 5. The number of terminal acetylenes is 1. The largest absolute Gasteiger partial charge is 0.479 e. The van der Waals surface area contributed by atoms with Gasteiger partial charge in [-0.3, -0.25) is 4.79 Å². The van der Waals surface area contributed by atoms with E-state index in [-0.39, 0.29) is 35.7 Å². The number of carbonyl (C=O) groups excluding carboxylic acids is 2. The molecule has 5 rings (SSSR count). The van der Waals surface area contributed by atoms with E-state index in [1.165, 1.54) is 18.1 Å². The zero-order chi connectivity index (χ0) is 24.3. The SMILES string of the molecule is C#C.CCC12CCC3C4CCC(=O)C=C4CCC3C1CCC2OC(=O)COC1=CCCC=C1F. The van der Waals surface area contributed by atoms with E-state index in [0.29, 0.717) is 42.3 Å². The van der Waals surface area contributed by atoms with Crippen LogP contribution in [0.2, 0.25) is 0 Å². The van der Waals surface area contributed by atoms with Gasteiger partial charge < -0.3 is 9.47 Å². The summed E-state index contributed by atoms with van der Waals surface area (Å²) in [5.41, 5.74) is 1.46. The maximum absolute atomic E-state index is 13.8. The molecule has 34 heavy (non-hydrogen) atoms. The molecule has 0 radical (unpaired) electrons. The Labute approximate surface area is 203 Å². The van der Waals surface area contributed by atoms with Crippen molar-refractivity contribution in [2.24, 2.45) is 29.1 Å². The van der Waals surface area contributed by atoms with E-state index in [9.17, 15) is 14.0 Å². The summed E-state index contributed by atoms with van der Waals surface area (Å²) < 4.78 is 25.3. The fraction of sp³-hybridized carbons (Fsp3) is 0.655. The van der Waals surface area contributed by atoms with Gasteiger partial charge in [0, 0.05) is 11.8 Å². The Hall–Kier alpha value is -2.35. The summed E-state index contributed by atoms with van der Waals surface area (Å²) in [7, 11) is 0.